The van der Waals surface area contributed by atoms with Gasteiger partial charge in [0.15, 0.2) is 0 Å². The summed E-state index contributed by atoms with van der Waals surface area (Å²) in [6.07, 6.45) is 6.85. The minimum atomic E-state index is 0.950. The molecule has 0 bridgehead atoms. The Labute approximate surface area is 211 Å². The Morgan fingerprint density at radius 1 is 0.556 bits per heavy atom. The van der Waals surface area contributed by atoms with Gasteiger partial charge in [0, 0.05) is 33.6 Å². The molecule has 0 saturated carbocycles. The SMILES string of the molecule is c1ccc(-c2cnc(-c3ccccc3)n2-c2ccc(-n3c4c(c5ccccc53)CCCC4)cc2)cc1. The molecule has 174 valence electrons. The fourth-order valence-electron chi connectivity index (χ4n) is 5.76. The third-order valence-corrected chi connectivity index (χ3v) is 7.41. The average molecular weight is 466 g/mol. The van der Waals surface area contributed by atoms with E-state index in [0.717, 1.165) is 34.8 Å². The van der Waals surface area contributed by atoms with Crippen LogP contribution < -0.4 is 0 Å². The van der Waals surface area contributed by atoms with E-state index in [4.69, 9.17) is 4.98 Å². The van der Waals surface area contributed by atoms with Crippen molar-refractivity contribution >= 4 is 10.9 Å². The zero-order valence-electron chi connectivity index (χ0n) is 20.1. The lowest BCUT2D eigenvalue weighted by atomic mass is 9.95. The summed E-state index contributed by atoms with van der Waals surface area (Å²) in [5.41, 5.74) is 10.0. The first-order chi connectivity index (χ1) is 17.9. The van der Waals surface area contributed by atoms with E-state index in [9.17, 15) is 0 Å². The lowest BCUT2D eigenvalue weighted by Crippen LogP contribution is -2.07. The number of aryl methyl sites for hydroxylation is 1. The van der Waals surface area contributed by atoms with Crippen LogP contribution in [0, 0.1) is 0 Å². The van der Waals surface area contributed by atoms with Crippen molar-refractivity contribution in [2.75, 3.05) is 0 Å². The van der Waals surface area contributed by atoms with Crippen molar-refractivity contribution in [3.8, 4) is 34.0 Å². The van der Waals surface area contributed by atoms with E-state index >= 15 is 0 Å². The molecule has 3 nitrogen and oxygen atoms in total. The Bertz CT molecular complexity index is 1600. The maximum absolute atomic E-state index is 4.87. The molecule has 1 aliphatic carbocycles. The van der Waals surface area contributed by atoms with Gasteiger partial charge in [-0.05, 0) is 61.6 Å². The second-order valence-corrected chi connectivity index (χ2v) is 9.54. The number of hydrogen-bond acceptors (Lipinski definition) is 1. The monoisotopic (exact) mass is 465 g/mol. The molecular weight excluding hydrogens is 438 g/mol. The van der Waals surface area contributed by atoms with Crippen LogP contribution in [0.3, 0.4) is 0 Å². The zero-order chi connectivity index (χ0) is 23.9. The Hall–Kier alpha value is -4.37. The summed E-state index contributed by atoms with van der Waals surface area (Å²) in [5.74, 6) is 0.950. The number of fused-ring (bicyclic) bond motifs is 3. The molecule has 0 unspecified atom stereocenters. The third-order valence-electron chi connectivity index (χ3n) is 7.41. The van der Waals surface area contributed by atoms with Crippen LogP contribution >= 0.6 is 0 Å². The van der Waals surface area contributed by atoms with E-state index in [2.05, 4.69) is 112 Å². The highest BCUT2D eigenvalue weighted by molar-refractivity contribution is 5.87. The van der Waals surface area contributed by atoms with Crippen LogP contribution in [-0.4, -0.2) is 14.1 Å². The van der Waals surface area contributed by atoms with Crippen molar-refractivity contribution in [2.24, 2.45) is 0 Å². The zero-order valence-corrected chi connectivity index (χ0v) is 20.1. The van der Waals surface area contributed by atoms with Crippen molar-refractivity contribution < 1.29 is 0 Å². The molecular formula is C33H27N3. The predicted octanol–water partition coefficient (Wildman–Crippen LogP) is 8.03. The van der Waals surface area contributed by atoms with Gasteiger partial charge in [-0.2, -0.15) is 0 Å². The smallest absolute Gasteiger partial charge is 0.144 e. The first-order valence-electron chi connectivity index (χ1n) is 12.8. The second-order valence-electron chi connectivity index (χ2n) is 9.54. The highest BCUT2D eigenvalue weighted by Crippen LogP contribution is 2.35. The van der Waals surface area contributed by atoms with Crippen molar-refractivity contribution in [2.45, 2.75) is 25.7 Å². The number of hydrogen-bond donors (Lipinski definition) is 0. The molecule has 3 heteroatoms. The number of benzene rings is 4. The van der Waals surface area contributed by atoms with Crippen LogP contribution in [-0.2, 0) is 12.8 Å². The molecule has 0 fully saturated rings. The Kier molecular flexibility index (Phi) is 5.06. The highest BCUT2D eigenvalue weighted by atomic mass is 15.1. The summed E-state index contributed by atoms with van der Waals surface area (Å²) in [6.45, 7) is 0. The van der Waals surface area contributed by atoms with Crippen LogP contribution in [0.4, 0.5) is 0 Å². The minimum absolute atomic E-state index is 0.950. The quantitative estimate of drug-likeness (QED) is 0.258. The van der Waals surface area contributed by atoms with Gasteiger partial charge < -0.3 is 4.57 Å². The van der Waals surface area contributed by atoms with Gasteiger partial charge in [0.1, 0.15) is 5.82 Å². The summed E-state index contributed by atoms with van der Waals surface area (Å²) < 4.78 is 4.76. The summed E-state index contributed by atoms with van der Waals surface area (Å²) in [6, 6.07) is 38.8. The lowest BCUT2D eigenvalue weighted by molar-refractivity contribution is 0.667. The van der Waals surface area contributed by atoms with Crippen LogP contribution in [0.2, 0.25) is 0 Å². The Morgan fingerprint density at radius 2 is 1.17 bits per heavy atom. The molecule has 0 atom stereocenters. The largest absolute Gasteiger partial charge is 0.313 e. The van der Waals surface area contributed by atoms with E-state index in [1.807, 2.05) is 12.3 Å². The molecule has 0 spiro atoms. The second kappa shape index (κ2) is 8.69. The standard InChI is InChI=1S/C33H27N3/c1-3-11-24(12-4-1)32-23-34-33(25-13-5-2-6-14-25)36(32)27-21-19-26(20-22-27)35-30-17-9-7-15-28(30)29-16-8-10-18-31(29)35/h1-7,9,11-15,17,19-23H,8,10,16,18H2. The lowest BCUT2D eigenvalue weighted by Gasteiger charge is -2.17. The molecule has 0 amide bonds. The van der Waals surface area contributed by atoms with Gasteiger partial charge in [0.2, 0.25) is 0 Å². The van der Waals surface area contributed by atoms with Gasteiger partial charge in [-0.25, -0.2) is 4.98 Å². The maximum atomic E-state index is 4.87. The summed E-state index contributed by atoms with van der Waals surface area (Å²) >= 11 is 0. The molecule has 4 aromatic carbocycles. The van der Waals surface area contributed by atoms with Gasteiger partial charge in [0.25, 0.3) is 0 Å². The minimum Gasteiger partial charge on any atom is -0.313 e. The third kappa shape index (κ3) is 3.39. The number of para-hydroxylation sites is 1. The van der Waals surface area contributed by atoms with Crippen molar-refractivity contribution in [3.63, 3.8) is 0 Å². The van der Waals surface area contributed by atoms with Gasteiger partial charge in [0.05, 0.1) is 17.4 Å². The van der Waals surface area contributed by atoms with Gasteiger partial charge >= 0.3 is 0 Å². The maximum Gasteiger partial charge on any atom is 0.144 e. The van der Waals surface area contributed by atoms with E-state index < -0.39 is 0 Å². The van der Waals surface area contributed by atoms with Crippen LogP contribution in [0.25, 0.3) is 44.9 Å². The number of imidazole rings is 1. The summed E-state index contributed by atoms with van der Waals surface area (Å²) in [7, 11) is 0. The highest BCUT2D eigenvalue weighted by Gasteiger charge is 2.21. The van der Waals surface area contributed by atoms with Gasteiger partial charge in [-0.15, -0.1) is 0 Å². The molecule has 6 aromatic rings. The first-order valence-corrected chi connectivity index (χ1v) is 12.8. The fraction of sp³-hybridized carbons (Fsp3) is 0.121. The molecule has 7 rings (SSSR count). The average Bonchev–Trinajstić information content (AvgIpc) is 3.54. The van der Waals surface area contributed by atoms with E-state index in [1.54, 1.807) is 0 Å². The molecule has 36 heavy (non-hydrogen) atoms. The molecule has 0 N–H and O–H groups in total. The first kappa shape index (κ1) is 21.0. The molecule has 2 aromatic heterocycles. The normalized spacial score (nSPS) is 13.1. The summed E-state index contributed by atoms with van der Waals surface area (Å²) in [4.78, 5) is 4.87. The molecule has 0 aliphatic heterocycles. The van der Waals surface area contributed by atoms with Crippen LogP contribution in [0.1, 0.15) is 24.1 Å². The van der Waals surface area contributed by atoms with E-state index in [-0.39, 0.29) is 0 Å². The Morgan fingerprint density at radius 3 is 1.92 bits per heavy atom. The van der Waals surface area contributed by atoms with Gasteiger partial charge in [-0.1, -0.05) is 78.9 Å². The topological polar surface area (TPSA) is 22.8 Å². The van der Waals surface area contributed by atoms with Crippen molar-refractivity contribution in [1.82, 2.24) is 14.1 Å². The molecule has 2 heterocycles. The summed E-state index contributed by atoms with van der Waals surface area (Å²) in [5, 5.41) is 1.41. The molecule has 0 radical (unpaired) electrons. The van der Waals surface area contributed by atoms with Crippen molar-refractivity contribution in [3.05, 3.63) is 127 Å². The number of nitrogens with zero attached hydrogens (tertiary/aromatic N) is 3. The predicted molar refractivity (Wildman–Crippen MR) is 148 cm³/mol. The molecule has 1 aliphatic rings. The van der Waals surface area contributed by atoms with Gasteiger partial charge in [-0.3, -0.25) is 4.57 Å². The molecule has 0 saturated heterocycles. The van der Waals surface area contributed by atoms with Crippen molar-refractivity contribution in [1.29, 1.82) is 0 Å². The van der Waals surface area contributed by atoms with E-state index in [1.165, 1.54) is 47.1 Å². The van der Waals surface area contributed by atoms with E-state index in [0.29, 0.717) is 0 Å². The fourth-order valence-corrected chi connectivity index (χ4v) is 5.76. The van der Waals surface area contributed by atoms with Crippen LogP contribution in [0.15, 0.2) is 115 Å². The van der Waals surface area contributed by atoms with Crippen LogP contribution in [0.5, 0.6) is 0 Å². The number of rotatable bonds is 4. The number of aromatic nitrogens is 3. The Balaban J connectivity index is 1.39.